The van der Waals surface area contributed by atoms with Crippen LogP contribution in [0.3, 0.4) is 0 Å². The van der Waals surface area contributed by atoms with Crippen molar-refractivity contribution >= 4 is 41.8 Å². The van der Waals surface area contributed by atoms with Gasteiger partial charge in [0.25, 0.3) is 0 Å². The smallest absolute Gasteiger partial charge is 0.343 e. The first-order chi connectivity index (χ1) is 30.0. The lowest BCUT2D eigenvalue weighted by Crippen LogP contribution is -2.30. The average molecular weight is 861 g/mol. The van der Waals surface area contributed by atoms with Crippen molar-refractivity contribution in [3.63, 3.8) is 0 Å². The van der Waals surface area contributed by atoms with Crippen LogP contribution in [0.5, 0.6) is 23.0 Å². The molecule has 4 rings (SSSR count). The number of carbonyl (C=O) groups is 7. The highest BCUT2D eigenvalue weighted by atomic mass is 16.6. The summed E-state index contributed by atoms with van der Waals surface area (Å²) >= 11 is 0. The van der Waals surface area contributed by atoms with Crippen molar-refractivity contribution in [2.45, 2.75) is 65.2 Å². The minimum absolute atomic E-state index is 0.0334. The van der Waals surface area contributed by atoms with Crippen LogP contribution in [0.1, 0.15) is 96.3 Å². The maximum Gasteiger partial charge on any atom is 0.343 e. The Bertz CT molecular complexity index is 1980. The van der Waals surface area contributed by atoms with E-state index < -0.39 is 35.8 Å². The molecule has 16 nitrogen and oxygen atoms in total. The summed E-state index contributed by atoms with van der Waals surface area (Å²) in [5.74, 6) is -4.32. The predicted molar refractivity (Wildman–Crippen MR) is 220 cm³/mol. The third-order valence-corrected chi connectivity index (χ3v) is 9.35. The molecule has 0 aliphatic heterocycles. The number of esters is 7. The molecule has 0 heterocycles. The summed E-state index contributed by atoms with van der Waals surface area (Å²) in [5.41, 5.74) is 0.225. The van der Waals surface area contributed by atoms with Crippen LogP contribution in [0, 0.1) is 11.8 Å². The van der Waals surface area contributed by atoms with E-state index in [9.17, 15) is 33.6 Å². The summed E-state index contributed by atoms with van der Waals surface area (Å²) in [6, 6.07) is 16.0. The molecule has 0 saturated heterocycles. The molecule has 1 aliphatic carbocycles. The molecule has 0 spiro atoms. The summed E-state index contributed by atoms with van der Waals surface area (Å²) in [6.07, 6.45) is 5.09. The molecule has 3 aromatic carbocycles. The summed E-state index contributed by atoms with van der Waals surface area (Å²) in [4.78, 5) is 86.9. The number of carbonyl (C=O) groups excluding carboxylic acids is 7. The van der Waals surface area contributed by atoms with Crippen molar-refractivity contribution in [3.8, 4) is 23.0 Å². The number of unbranched alkanes of at least 4 members (excludes halogenated alkanes) is 2. The topological polar surface area (TPSA) is 203 Å². The summed E-state index contributed by atoms with van der Waals surface area (Å²) in [6.45, 7) is 8.06. The van der Waals surface area contributed by atoms with Crippen LogP contribution in [0.2, 0.25) is 0 Å². The van der Waals surface area contributed by atoms with Crippen LogP contribution < -0.4 is 18.9 Å². The fourth-order valence-corrected chi connectivity index (χ4v) is 6.01. The van der Waals surface area contributed by atoms with Gasteiger partial charge in [0.15, 0.2) is 0 Å². The van der Waals surface area contributed by atoms with Crippen LogP contribution in [0.15, 0.2) is 79.4 Å². The van der Waals surface area contributed by atoms with E-state index >= 15 is 0 Å². The Morgan fingerprint density at radius 1 is 0.565 bits per heavy atom. The molecular formula is C46H52O16. The largest absolute Gasteiger partial charge is 0.494 e. The zero-order valence-corrected chi connectivity index (χ0v) is 34.9. The molecule has 1 saturated carbocycles. The van der Waals surface area contributed by atoms with Crippen molar-refractivity contribution in [3.05, 3.63) is 96.1 Å². The second kappa shape index (κ2) is 25.9. The lowest BCUT2D eigenvalue weighted by molar-refractivity contribution is -0.152. The Morgan fingerprint density at radius 3 is 1.69 bits per heavy atom. The van der Waals surface area contributed by atoms with Crippen molar-refractivity contribution in [2.75, 3.05) is 46.2 Å². The molecule has 0 N–H and O–H groups in total. The summed E-state index contributed by atoms with van der Waals surface area (Å²) in [7, 11) is 0. The standard InChI is InChI=1S/C46H52O16/c1-4-41(48)57-26-8-7-25-56-36-18-14-34(15-19-36)43(50)60-37-20-16-35(17-21-37)44(51)61-38-22-23-40(39(30-38)46(53)59-29-28-54-5-2)62-45(52)33-12-10-32(11-13-33)42(49)58-27-9-6-24-55-31(3)47/h4,14-23,30,32-33H,1,5-13,24-29H2,2-3H3. The predicted octanol–water partition coefficient (Wildman–Crippen LogP) is 6.80. The second-order valence-corrected chi connectivity index (χ2v) is 13.9. The first kappa shape index (κ1) is 48.1. The average Bonchev–Trinajstić information content (AvgIpc) is 3.28. The molecule has 0 amide bonds. The van der Waals surface area contributed by atoms with Gasteiger partial charge in [0.1, 0.15) is 35.2 Å². The molecule has 16 heteroatoms. The van der Waals surface area contributed by atoms with Gasteiger partial charge in [-0.15, -0.1) is 0 Å². The van der Waals surface area contributed by atoms with Crippen LogP contribution in [-0.2, 0) is 42.9 Å². The third-order valence-electron chi connectivity index (χ3n) is 9.35. The van der Waals surface area contributed by atoms with Crippen LogP contribution >= 0.6 is 0 Å². The van der Waals surface area contributed by atoms with E-state index in [-0.39, 0.29) is 84.8 Å². The summed E-state index contributed by atoms with van der Waals surface area (Å²) < 4.78 is 48.1. The van der Waals surface area contributed by atoms with Gasteiger partial charge in [0, 0.05) is 19.6 Å². The van der Waals surface area contributed by atoms with Crippen molar-refractivity contribution in [2.24, 2.45) is 11.8 Å². The van der Waals surface area contributed by atoms with E-state index in [2.05, 4.69) is 6.58 Å². The molecular weight excluding hydrogens is 808 g/mol. The van der Waals surface area contributed by atoms with Crippen LogP contribution in [0.25, 0.3) is 0 Å². The Morgan fingerprint density at radius 2 is 1.10 bits per heavy atom. The van der Waals surface area contributed by atoms with Gasteiger partial charge in [-0.05, 0) is 125 Å². The molecule has 62 heavy (non-hydrogen) atoms. The van der Waals surface area contributed by atoms with E-state index in [4.69, 9.17) is 42.6 Å². The number of rotatable bonds is 24. The Hall–Kier alpha value is -6.55. The van der Waals surface area contributed by atoms with Gasteiger partial charge >= 0.3 is 41.8 Å². The van der Waals surface area contributed by atoms with Gasteiger partial charge in [0.05, 0.1) is 56.0 Å². The van der Waals surface area contributed by atoms with Gasteiger partial charge in [-0.1, -0.05) is 6.58 Å². The lowest BCUT2D eigenvalue weighted by Gasteiger charge is -2.26. The maximum absolute atomic E-state index is 13.3. The monoisotopic (exact) mass is 860 g/mol. The summed E-state index contributed by atoms with van der Waals surface area (Å²) in [5, 5.41) is 0. The first-order valence-electron chi connectivity index (χ1n) is 20.4. The van der Waals surface area contributed by atoms with Gasteiger partial charge in [-0.25, -0.2) is 19.2 Å². The van der Waals surface area contributed by atoms with E-state index in [1.807, 2.05) is 0 Å². The van der Waals surface area contributed by atoms with Gasteiger partial charge < -0.3 is 42.6 Å². The zero-order valence-electron chi connectivity index (χ0n) is 34.9. The minimum atomic E-state index is -0.834. The zero-order chi connectivity index (χ0) is 44.7. The molecule has 3 aromatic rings. The molecule has 1 fully saturated rings. The number of ether oxygens (including phenoxy) is 9. The number of hydrogen-bond donors (Lipinski definition) is 0. The van der Waals surface area contributed by atoms with Gasteiger partial charge in [-0.3, -0.25) is 14.4 Å². The maximum atomic E-state index is 13.3. The molecule has 0 atom stereocenters. The minimum Gasteiger partial charge on any atom is -0.494 e. The Kier molecular flexibility index (Phi) is 20.1. The number of benzene rings is 3. The normalized spacial score (nSPS) is 14.4. The van der Waals surface area contributed by atoms with Crippen molar-refractivity contribution < 1.29 is 76.2 Å². The molecule has 1 aliphatic rings. The Labute approximate surface area is 359 Å². The van der Waals surface area contributed by atoms with Crippen molar-refractivity contribution in [1.29, 1.82) is 0 Å². The highest BCUT2D eigenvalue weighted by Gasteiger charge is 2.33. The molecule has 0 radical (unpaired) electrons. The fourth-order valence-electron chi connectivity index (χ4n) is 6.01. The van der Waals surface area contributed by atoms with E-state index in [0.717, 1.165) is 6.08 Å². The molecule has 0 bridgehead atoms. The molecule has 332 valence electrons. The quantitative estimate of drug-likeness (QED) is 0.0299. The van der Waals surface area contributed by atoms with Gasteiger partial charge in [-0.2, -0.15) is 0 Å². The first-order valence-corrected chi connectivity index (χ1v) is 20.4. The highest BCUT2D eigenvalue weighted by molar-refractivity contribution is 5.96. The van der Waals surface area contributed by atoms with E-state index in [0.29, 0.717) is 70.3 Å². The van der Waals surface area contributed by atoms with Crippen molar-refractivity contribution in [1.82, 2.24) is 0 Å². The second-order valence-electron chi connectivity index (χ2n) is 13.9. The van der Waals surface area contributed by atoms with E-state index in [1.54, 1.807) is 31.2 Å². The molecule has 0 unspecified atom stereocenters. The number of hydrogen-bond acceptors (Lipinski definition) is 16. The third kappa shape index (κ3) is 16.5. The van der Waals surface area contributed by atoms with Crippen LogP contribution in [-0.4, -0.2) is 88.0 Å². The lowest BCUT2D eigenvalue weighted by atomic mass is 9.82. The fraction of sp³-hybridized carbons (Fsp3) is 0.413. The molecule has 0 aromatic heterocycles. The van der Waals surface area contributed by atoms with Crippen LogP contribution in [0.4, 0.5) is 0 Å². The SMILES string of the molecule is C=CC(=O)OCCCCOc1ccc(C(=O)Oc2ccc(C(=O)Oc3ccc(OC(=O)C4CCC(C(=O)OCCCCOC(C)=O)CC4)c(C(=O)OCCOCC)c3)cc2)cc1. The highest BCUT2D eigenvalue weighted by Crippen LogP contribution is 2.33. The van der Waals surface area contributed by atoms with Gasteiger partial charge in [0.2, 0.25) is 0 Å². The van der Waals surface area contributed by atoms with E-state index in [1.165, 1.54) is 49.4 Å². The Balaban J connectivity index is 1.29.